The van der Waals surface area contributed by atoms with E-state index < -0.39 is 0 Å². The average Bonchev–Trinajstić information content (AvgIpc) is 4.00. The fourth-order valence-corrected chi connectivity index (χ4v) is 10.9. The Balaban J connectivity index is 1.07. The predicted octanol–water partition coefficient (Wildman–Crippen LogP) is 17.5. The highest BCUT2D eigenvalue weighted by atomic mass is 16.3. The highest BCUT2D eigenvalue weighted by molar-refractivity contribution is 6.14. The van der Waals surface area contributed by atoms with E-state index in [1.807, 2.05) is 0 Å². The maximum Gasteiger partial charge on any atom is 0.143 e. The normalized spacial score (nSPS) is 12.8. The van der Waals surface area contributed by atoms with Gasteiger partial charge in [-0.05, 0) is 99.6 Å². The lowest BCUT2D eigenvalue weighted by molar-refractivity contribution is 0.660. The van der Waals surface area contributed by atoms with Gasteiger partial charge in [-0.2, -0.15) is 0 Å². The largest absolute Gasteiger partial charge is 0.455 e. The Labute approximate surface area is 384 Å². The summed E-state index contributed by atoms with van der Waals surface area (Å²) in [7, 11) is 0. The molecule has 0 spiro atoms. The maximum atomic E-state index is 6.95. The monoisotopic (exact) mass is 844 g/mol. The SMILES string of the molecule is CC1(C)c2ccccc2-c2ccc(-c3cccc(N(c4cc(-c5ccccc5-n5c6ccccc6c6ccccc65)c5oc6ccccc6c5c4)c4ccccc4-c4ccccc4)c3)cc21. The first-order valence-electron chi connectivity index (χ1n) is 22.8. The predicted molar refractivity (Wildman–Crippen MR) is 277 cm³/mol. The Hall–Kier alpha value is -8.40. The van der Waals surface area contributed by atoms with Crippen LogP contribution in [0.15, 0.2) is 235 Å². The van der Waals surface area contributed by atoms with Crippen LogP contribution in [0.5, 0.6) is 0 Å². The molecular formula is C63H44N2O. The van der Waals surface area contributed by atoms with Gasteiger partial charge in [0, 0.05) is 55.0 Å². The molecule has 0 saturated heterocycles. The van der Waals surface area contributed by atoms with Crippen LogP contribution in [0.2, 0.25) is 0 Å². The van der Waals surface area contributed by atoms with Gasteiger partial charge in [0.2, 0.25) is 0 Å². The summed E-state index contributed by atoms with van der Waals surface area (Å²) in [5, 5.41) is 4.60. The Morgan fingerprint density at radius 1 is 0.379 bits per heavy atom. The number of nitrogens with zero attached hydrogens (tertiary/aromatic N) is 2. The third-order valence-corrected chi connectivity index (χ3v) is 14.0. The van der Waals surface area contributed by atoms with Gasteiger partial charge in [0.15, 0.2) is 0 Å². The Bertz CT molecular complexity index is 3820. The van der Waals surface area contributed by atoms with Crippen LogP contribution in [0.1, 0.15) is 25.0 Å². The van der Waals surface area contributed by atoms with E-state index in [1.54, 1.807) is 0 Å². The summed E-state index contributed by atoms with van der Waals surface area (Å²) in [5.74, 6) is 0. The van der Waals surface area contributed by atoms with Crippen molar-refractivity contribution in [3.05, 3.63) is 242 Å². The first kappa shape index (κ1) is 38.1. The fraction of sp³-hybridized carbons (Fsp3) is 0.0476. The molecule has 0 aliphatic heterocycles. The number of benzene rings is 10. The van der Waals surface area contributed by atoms with E-state index in [9.17, 15) is 0 Å². The van der Waals surface area contributed by atoms with Crippen molar-refractivity contribution < 1.29 is 4.42 Å². The smallest absolute Gasteiger partial charge is 0.143 e. The molecule has 0 radical (unpaired) electrons. The minimum atomic E-state index is -0.102. The lowest BCUT2D eigenvalue weighted by atomic mass is 9.81. The molecule has 2 aromatic heterocycles. The summed E-state index contributed by atoms with van der Waals surface area (Å²) in [6.07, 6.45) is 0. The number of fused-ring (bicyclic) bond motifs is 9. The van der Waals surface area contributed by atoms with Gasteiger partial charge in [-0.1, -0.05) is 184 Å². The Kier molecular flexibility index (Phi) is 8.56. The second-order valence-electron chi connectivity index (χ2n) is 18.1. The number of furan rings is 1. The molecule has 1 aliphatic carbocycles. The molecule has 12 aromatic rings. The maximum absolute atomic E-state index is 6.95. The molecule has 10 aromatic carbocycles. The lowest BCUT2D eigenvalue weighted by Crippen LogP contribution is -2.14. The highest BCUT2D eigenvalue weighted by Crippen LogP contribution is 2.51. The van der Waals surface area contributed by atoms with Crippen LogP contribution in [0.3, 0.4) is 0 Å². The van der Waals surface area contributed by atoms with Crippen molar-refractivity contribution in [2.24, 2.45) is 0 Å². The number of anilines is 3. The molecule has 66 heavy (non-hydrogen) atoms. The van der Waals surface area contributed by atoms with Crippen LogP contribution in [-0.4, -0.2) is 4.57 Å². The molecule has 1 aliphatic rings. The number of hydrogen-bond donors (Lipinski definition) is 0. The minimum absolute atomic E-state index is 0.102. The van der Waals surface area contributed by atoms with E-state index in [-0.39, 0.29) is 5.41 Å². The Morgan fingerprint density at radius 3 is 1.79 bits per heavy atom. The van der Waals surface area contributed by atoms with Crippen molar-refractivity contribution in [3.8, 4) is 50.2 Å². The van der Waals surface area contributed by atoms with E-state index in [2.05, 4.69) is 254 Å². The van der Waals surface area contributed by atoms with Gasteiger partial charge in [-0.15, -0.1) is 0 Å². The lowest BCUT2D eigenvalue weighted by Gasteiger charge is -2.29. The van der Waals surface area contributed by atoms with E-state index in [0.717, 1.165) is 83.5 Å². The summed E-state index contributed by atoms with van der Waals surface area (Å²) in [5.41, 5.74) is 20.4. The molecule has 312 valence electrons. The molecule has 0 saturated carbocycles. The second-order valence-corrected chi connectivity index (χ2v) is 18.1. The first-order chi connectivity index (χ1) is 32.5. The Morgan fingerprint density at radius 2 is 0.985 bits per heavy atom. The number of para-hydroxylation sites is 5. The van der Waals surface area contributed by atoms with Crippen LogP contribution in [0, 0.1) is 0 Å². The molecule has 0 unspecified atom stereocenters. The van der Waals surface area contributed by atoms with Crippen LogP contribution in [-0.2, 0) is 5.41 Å². The third kappa shape index (κ3) is 5.83. The number of rotatable bonds is 7. The van der Waals surface area contributed by atoms with Crippen molar-refractivity contribution >= 4 is 60.8 Å². The molecule has 0 fully saturated rings. The zero-order valence-corrected chi connectivity index (χ0v) is 36.7. The highest BCUT2D eigenvalue weighted by Gasteiger charge is 2.35. The average molecular weight is 845 g/mol. The quantitative estimate of drug-likeness (QED) is 0.159. The van der Waals surface area contributed by atoms with Crippen molar-refractivity contribution in [2.75, 3.05) is 4.90 Å². The summed E-state index contributed by atoms with van der Waals surface area (Å²) >= 11 is 0. The van der Waals surface area contributed by atoms with Gasteiger partial charge in [0.25, 0.3) is 0 Å². The van der Waals surface area contributed by atoms with Crippen molar-refractivity contribution in [1.29, 1.82) is 0 Å². The molecule has 0 atom stereocenters. The third-order valence-electron chi connectivity index (χ3n) is 14.0. The van der Waals surface area contributed by atoms with Gasteiger partial charge in [-0.25, -0.2) is 0 Å². The van der Waals surface area contributed by atoms with Gasteiger partial charge >= 0.3 is 0 Å². The van der Waals surface area contributed by atoms with Gasteiger partial charge in [-0.3, -0.25) is 0 Å². The van der Waals surface area contributed by atoms with Crippen LogP contribution >= 0.6 is 0 Å². The van der Waals surface area contributed by atoms with Gasteiger partial charge < -0.3 is 13.9 Å². The summed E-state index contributed by atoms with van der Waals surface area (Å²) < 4.78 is 9.37. The summed E-state index contributed by atoms with van der Waals surface area (Å²) in [6, 6.07) is 83.9. The molecule has 2 heterocycles. The minimum Gasteiger partial charge on any atom is -0.455 e. The van der Waals surface area contributed by atoms with Crippen LogP contribution < -0.4 is 4.90 Å². The molecule has 13 rings (SSSR count). The van der Waals surface area contributed by atoms with Gasteiger partial charge in [0.1, 0.15) is 11.2 Å². The number of hydrogen-bond acceptors (Lipinski definition) is 2. The van der Waals surface area contributed by atoms with E-state index in [0.29, 0.717) is 0 Å². The fourth-order valence-electron chi connectivity index (χ4n) is 10.9. The van der Waals surface area contributed by atoms with Crippen molar-refractivity contribution in [2.45, 2.75) is 19.3 Å². The van der Waals surface area contributed by atoms with Crippen LogP contribution in [0.25, 0.3) is 93.9 Å². The zero-order chi connectivity index (χ0) is 43.9. The summed E-state index contributed by atoms with van der Waals surface area (Å²) in [4.78, 5) is 2.45. The summed E-state index contributed by atoms with van der Waals surface area (Å²) in [6.45, 7) is 4.71. The molecule has 3 heteroatoms. The molecule has 0 amide bonds. The topological polar surface area (TPSA) is 21.3 Å². The van der Waals surface area contributed by atoms with Crippen molar-refractivity contribution in [3.63, 3.8) is 0 Å². The molecule has 0 bridgehead atoms. The second kappa shape index (κ2) is 14.8. The van der Waals surface area contributed by atoms with E-state index in [4.69, 9.17) is 4.42 Å². The zero-order valence-electron chi connectivity index (χ0n) is 36.7. The van der Waals surface area contributed by atoms with Crippen LogP contribution in [0.4, 0.5) is 17.1 Å². The standard InChI is InChI=1S/C63H44N2O/c1-63(2)55-29-12-6-24-47(55)48-36-35-43(38-56(48)63)42-21-18-22-44(37-42)64(57-30-13-7-23-46(57)41-19-4-3-5-20-41)45-39-53(62-54(40-45)52-28-11-17-34-61(52)66-62)51-27-10-16-33-60(51)65-58-31-14-8-25-49(58)50-26-9-15-32-59(50)65/h3-40H,1-2H3. The van der Waals surface area contributed by atoms with E-state index in [1.165, 1.54) is 38.6 Å². The first-order valence-corrected chi connectivity index (χ1v) is 22.8. The molecule has 3 nitrogen and oxygen atoms in total. The molecule has 0 N–H and O–H groups in total. The molecular weight excluding hydrogens is 801 g/mol. The van der Waals surface area contributed by atoms with Crippen molar-refractivity contribution in [1.82, 2.24) is 4.57 Å². The van der Waals surface area contributed by atoms with E-state index >= 15 is 0 Å². The number of aromatic nitrogens is 1. The van der Waals surface area contributed by atoms with Gasteiger partial charge in [0.05, 0.1) is 22.4 Å².